The lowest BCUT2D eigenvalue weighted by Gasteiger charge is -2.27. The Bertz CT molecular complexity index is 349. The van der Waals surface area contributed by atoms with Crippen LogP contribution < -0.4 is 16.0 Å². The van der Waals surface area contributed by atoms with E-state index in [1.807, 2.05) is 13.8 Å². The molecule has 0 aromatic rings. The van der Waals surface area contributed by atoms with Crippen LogP contribution in [0.3, 0.4) is 0 Å². The Labute approximate surface area is 112 Å². The summed E-state index contributed by atoms with van der Waals surface area (Å²) in [5.41, 5.74) is 0. The molecule has 3 unspecified atom stereocenters. The van der Waals surface area contributed by atoms with Gasteiger partial charge in [0.25, 0.3) is 0 Å². The smallest absolute Gasteiger partial charge is 0.328 e. The molecule has 0 saturated carbocycles. The maximum absolute atomic E-state index is 12.0. The lowest BCUT2D eigenvalue weighted by atomic mass is 9.98. The molecule has 3 atom stereocenters. The van der Waals surface area contributed by atoms with Crippen molar-refractivity contribution in [1.82, 2.24) is 16.0 Å². The lowest BCUT2D eigenvalue weighted by Crippen LogP contribution is -2.60. The molecule has 108 valence electrons. The molecule has 2 amide bonds. The van der Waals surface area contributed by atoms with Gasteiger partial charge in [0, 0.05) is 6.54 Å². The Kier molecular flexibility index (Phi) is 5.75. The summed E-state index contributed by atoms with van der Waals surface area (Å²) >= 11 is 0. The summed E-state index contributed by atoms with van der Waals surface area (Å²) in [6, 6.07) is -1.18. The van der Waals surface area contributed by atoms with Gasteiger partial charge in [0.05, 0.1) is 13.7 Å². The molecule has 1 saturated heterocycles. The number of carbonyl (C=O) groups excluding carboxylic acids is 3. The molecule has 1 heterocycles. The number of ether oxygens (including phenoxy) is 1. The monoisotopic (exact) mass is 271 g/mol. The maximum atomic E-state index is 12.0. The van der Waals surface area contributed by atoms with Gasteiger partial charge in [0.1, 0.15) is 12.1 Å². The van der Waals surface area contributed by atoms with E-state index < -0.39 is 18.1 Å². The number of amides is 2. The van der Waals surface area contributed by atoms with E-state index in [-0.39, 0.29) is 30.8 Å². The van der Waals surface area contributed by atoms with Crippen LogP contribution in [-0.2, 0) is 19.1 Å². The lowest BCUT2D eigenvalue weighted by molar-refractivity contribution is -0.147. The molecule has 0 radical (unpaired) electrons. The van der Waals surface area contributed by atoms with E-state index in [2.05, 4.69) is 16.0 Å². The van der Waals surface area contributed by atoms with Gasteiger partial charge in [-0.1, -0.05) is 20.3 Å². The zero-order valence-electron chi connectivity index (χ0n) is 11.5. The molecule has 1 aliphatic heterocycles. The second-order valence-electron chi connectivity index (χ2n) is 4.63. The van der Waals surface area contributed by atoms with E-state index in [9.17, 15) is 14.4 Å². The standard InChI is InChI=1S/C12H21N3O4/c1-4-7(2)10(12(18)19-3)15-11(17)8-5-14-9(16)6-13-8/h7-8,10,13H,4-6H2,1-3H3,(H,14,16)(H,15,17). The number of esters is 1. The Morgan fingerprint density at radius 3 is 2.68 bits per heavy atom. The molecule has 0 bridgehead atoms. The summed E-state index contributed by atoms with van der Waals surface area (Å²) < 4.78 is 4.70. The van der Waals surface area contributed by atoms with Crippen LogP contribution in [0.15, 0.2) is 0 Å². The number of methoxy groups -OCH3 is 1. The van der Waals surface area contributed by atoms with Crippen molar-refractivity contribution in [3.63, 3.8) is 0 Å². The van der Waals surface area contributed by atoms with E-state index in [1.165, 1.54) is 7.11 Å². The van der Waals surface area contributed by atoms with Crippen LogP contribution in [0.1, 0.15) is 20.3 Å². The minimum Gasteiger partial charge on any atom is -0.467 e. The average Bonchev–Trinajstić information content (AvgIpc) is 2.43. The van der Waals surface area contributed by atoms with Crippen molar-refractivity contribution < 1.29 is 19.1 Å². The van der Waals surface area contributed by atoms with Crippen molar-refractivity contribution in [2.24, 2.45) is 5.92 Å². The molecule has 7 nitrogen and oxygen atoms in total. The normalized spacial score (nSPS) is 22.1. The van der Waals surface area contributed by atoms with Gasteiger partial charge in [0.15, 0.2) is 0 Å². The van der Waals surface area contributed by atoms with Crippen LogP contribution >= 0.6 is 0 Å². The van der Waals surface area contributed by atoms with Gasteiger partial charge in [-0.3, -0.25) is 14.9 Å². The molecule has 3 N–H and O–H groups in total. The molecule has 0 aromatic carbocycles. The van der Waals surface area contributed by atoms with Crippen molar-refractivity contribution in [2.45, 2.75) is 32.4 Å². The van der Waals surface area contributed by atoms with Gasteiger partial charge in [-0.15, -0.1) is 0 Å². The molecule has 1 rings (SSSR count). The summed E-state index contributed by atoms with van der Waals surface area (Å²) in [5.74, 6) is -0.927. The van der Waals surface area contributed by atoms with Gasteiger partial charge in [0.2, 0.25) is 11.8 Å². The van der Waals surface area contributed by atoms with Crippen LogP contribution in [0.2, 0.25) is 0 Å². The Balaban J connectivity index is 2.60. The fourth-order valence-corrected chi connectivity index (χ4v) is 1.80. The highest BCUT2D eigenvalue weighted by atomic mass is 16.5. The predicted octanol–water partition coefficient (Wildman–Crippen LogP) is -1.22. The first-order valence-corrected chi connectivity index (χ1v) is 6.37. The third kappa shape index (κ3) is 4.20. The Morgan fingerprint density at radius 2 is 2.21 bits per heavy atom. The van der Waals surface area contributed by atoms with E-state index in [1.54, 1.807) is 0 Å². The SMILES string of the molecule is CCC(C)C(NC(=O)C1CNC(=O)CN1)C(=O)OC. The third-order valence-electron chi connectivity index (χ3n) is 3.29. The van der Waals surface area contributed by atoms with Gasteiger partial charge in [-0.2, -0.15) is 0 Å². The highest BCUT2D eigenvalue weighted by molar-refractivity contribution is 5.90. The fourth-order valence-electron chi connectivity index (χ4n) is 1.80. The van der Waals surface area contributed by atoms with Gasteiger partial charge in [-0.05, 0) is 5.92 Å². The summed E-state index contributed by atoms with van der Waals surface area (Å²) in [5, 5.41) is 8.08. The Morgan fingerprint density at radius 1 is 1.53 bits per heavy atom. The molecular weight excluding hydrogens is 250 g/mol. The molecule has 0 aromatic heterocycles. The summed E-state index contributed by atoms with van der Waals surface area (Å²) in [6.07, 6.45) is 0.745. The van der Waals surface area contributed by atoms with Crippen molar-refractivity contribution in [3.8, 4) is 0 Å². The number of carbonyl (C=O) groups is 3. The molecule has 0 spiro atoms. The van der Waals surface area contributed by atoms with Crippen molar-refractivity contribution >= 4 is 17.8 Å². The topological polar surface area (TPSA) is 96.5 Å². The number of hydrogen-bond donors (Lipinski definition) is 3. The first kappa shape index (κ1) is 15.4. The number of piperazine rings is 1. The molecule has 19 heavy (non-hydrogen) atoms. The van der Waals surface area contributed by atoms with Crippen LogP contribution in [0.4, 0.5) is 0 Å². The van der Waals surface area contributed by atoms with Crippen LogP contribution in [0, 0.1) is 5.92 Å². The minimum absolute atomic E-state index is 0.0189. The van der Waals surface area contributed by atoms with E-state index in [0.29, 0.717) is 0 Å². The van der Waals surface area contributed by atoms with Gasteiger partial charge < -0.3 is 15.4 Å². The minimum atomic E-state index is -0.665. The van der Waals surface area contributed by atoms with Crippen molar-refractivity contribution in [3.05, 3.63) is 0 Å². The first-order chi connectivity index (χ1) is 8.99. The molecular formula is C12H21N3O4. The maximum Gasteiger partial charge on any atom is 0.328 e. The third-order valence-corrected chi connectivity index (χ3v) is 3.29. The second-order valence-corrected chi connectivity index (χ2v) is 4.63. The highest BCUT2D eigenvalue weighted by Gasteiger charge is 2.31. The first-order valence-electron chi connectivity index (χ1n) is 6.37. The highest BCUT2D eigenvalue weighted by Crippen LogP contribution is 2.09. The predicted molar refractivity (Wildman–Crippen MR) is 68.2 cm³/mol. The average molecular weight is 271 g/mol. The number of hydrogen-bond acceptors (Lipinski definition) is 5. The summed E-state index contributed by atoms with van der Waals surface area (Å²) in [4.78, 5) is 34.7. The van der Waals surface area contributed by atoms with E-state index >= 15 is 0 Å². The molecule has 7 heteroatoms. The van der Waals surface area contributed by atoms with Crippen LogP contribution in [-0.4, -0.2) is 50.1 Å². The van der Waals surface area contributed by atoms with Crippen LogP contribution in [0.25, 0.3) is 0 Å². The molecule has 1 fully saturated rings. The fraction of sp³-hybridized carbons (Fsp3) is 0.750. The van der Waals surface area contributed by atoms with Gasteiger partial charge >= 0.3 is 5.97 Å². The summed E-state index contributed by atoms with van der Waals surface area (Å²) in [6.45, 7) is 4.13. The summed E-state index contributed by atoms with van der Waals surface area (Å²) in [7, 11) is 1.29. The zero-order chi connectivity index (χ0) is 14.4. The zero-order valence-corrected chi connectivity index (χ0v) is 11.5. The van der Waals surface area contributed by atoms with E-state index in [4.69, 9.17) is 4.74 Å². The molecule has 0 aliphatic carbocycles. The largest absolute Gasteiger partial charge is 0.467 e. The number of rotatable bonds is 5. The van der Waals surface area contributed by atoms with Crippen LogP contribution in [0.5, 0.6) is 0 Å². The van der Waals surface area contributed by atoms with Crippen molar-refractivity contribution in [2.75, 3.05) is 20.2 Å². The van der Waals surface area contributed by atoms with Crippen molar-refractivity contribution in [1.29, 1.82) is 0 Å². The van der Waals surface area contributed by atoms with E-state index in [0.717, 1.165) is 6.42 Å². The van der Waals surface area contributed by atoms with Gasteiger partial charge in [-0.25, -0.2) is 4.79 Å². The number of nitrogens with one attached hydrogen (secondary N) is 3. The quantitative estimate of drug-likeness (QED) is 0.545. The molecule has 1 aliphatic rings. The Hall–Kier alpha value is -1.63. The second kappa shape index (κ2) is 7.08.